The van der Waals surface area contributed by atoms with Crippen molar-refractivity contribution < 1.29 is 0 Å². The van der Waals surface area contributed by atoms with Gasteiger partial charge in [-0.25, -0.2) is 0 Å². The van der Waals surface area contributed by atoms with Gasteiger partial charge in [0.1, 0.15) is 0 Å². The SMILES string of the molecule is CCc1nn(C)c(CC(NN)C2(N(C)C)CCCC2)c1Br. The lowest BCUT2D eigenvalue weighted by molar-refractivity contribution is 0.103. The molecule has 1 aromatic heterocycles. The highest BCUT2D eigenvalue weighted by atomic mass is 79.9. The average molecular weight is 358 g/mol. The van der Waals surface area contributed by atoms with Crippen LogP contribution in [0.5, 0.6) is 0 Å². The van der Waals surface area contributed by atoms with E-state index in [4.69, 9.17) is 5.84 Å². The number of aromatic nitrogens is 2. The molecule has 0 radical (unpaired) electrons. The Balaban J connectivity index is 2.29. The minimum atomic E-state index is 0.144. The van der Waals surface area contributed by atoms with Gasteiger partial charge < -0.3 is 4.90 Å². The van der Waals surface area contributed by atoms with Crippen LogP contribution in [-0.2, 0) is 19.9 Å². The van der Waals surface area contributed by atoms with Crippen molar-refractivity contribution in [1.29, 1.82) is 0 Å². The van der Waals surface area contributed by atoms with E-state index >= 15 is 0 Å². The largest absolute Gasteiger partial charge is 0.302 e. The maximum Gasteiger partial charge on any atom is 0.0766 e. The van der Waals surface area contributed by atoms with E-state index in [-0.39, 0.29) is 11.6 Å². The summed E-state index contributed by atoms with van der Waals surface area (Å²) in [7, 11) is 6.36. The fourth-order valence-electron chi connectivity index (χ4n) is 3.73. The molecule has 6 heteroatoms. The van der Waals surface area contributed by atoms with Gasteiger partial charge in [0.15, 0.2) is 0 Å². The highest BCUT2D eigenvalue weighted by Gasteiger charge is 2.43. The van der Waals surface area contributed by atoms with Gasteiger partial charge in [0, 0.05) is 25.0 Å². The van der Waals surface area contributed by atoms with Crippen molar-refractivity contribution in [2.45, 2.75) is 57.0 Å². The number of hydrogen-bond acceptors (Lipinski definition) is 4. The van der Waals surface area contributed by atoms with Crippen molar-refractivity contribution >= 4 is 15.9 Å². The van der Waals surface area contributed by atoms with Crippen LogP contribution < -0.4 is 11.3 Å². The normalized spacial score (nSPS) is 19.4. The van der Waals surface area contributed by atoms with Crippen LogP contribution in [0.15, 0.2) is 4.47 Å². The van der Waals surface area contributed by atoms with Gasteiger partial charge in [-0.3, -0.25) is 16.0 Å². The van der Waals surface area contributed by atoms with Gasteiger partial charge in [0.05, 0.1) is 15.9 Å². The predicted molar refractivity (Wildman–Crippen MR) is 90.0 cm³/mol. The molecule has 0 amide bonds. The summed E-state index contributed by atoms with van der Waals surface area (Å²) in [4.78, 5) is 2.36. The molecule has 0 saturated heterocycles. The molecule has 120 valence electrons. The van der Waals surface area contributed by atoms with Crippen molar-refractivity contribution in [2.75, 3.05) is 14.1 Å². The molecule has 0 spiro atoms. The molecule has 1 fully saturated rings. The van der Waals surface area contributed by atoms with E-state index in [9.17, 15) is 0 Å². The topological polar surface area (TPSA) is 59.1 Å². The van der Waals surface area contributed by atoms with Crippen LogP contribution in [0.25, 0.3) is 0 Å². The summed E-state index contributed by atoms with van der Waals surface area (Å²) < 4.78 is 3.13. The predicted octanol–water partition coefficient (Wildman–Crippen LogP) is 1.99. The minimum absolute atomic E-state index is 0.144. The van der Waals surface area contributed by atoms with E-state index in [0.717, 1.165) is 23.0 Å². The van der Waals surface area contributed by atoms with Crippen molar-refractivity contribution in [2.24, 2.45) is 12.9 Å². The molecule has 1 heterocycles. The number of hydrogen-bond donors (Lipinski definition) is 2. The molecule has 0 bridgehead atoms. The molecule has 1 aromatic rings. The Morgan fingerprint density at radius 1 is 1.43 bits per heavy atom. The van der Waals surface area contributed by atoms with Crippen LogP contribution in [0, 0.1) is 0 Å². The Morgan fingerprint density at radius 3 is 2.48 bits per heavy atom. The van der Waals surface area contributed by atoms with Crippen LogP contribution in [0.4, 0.5) is 0 Å². The lowest BCUT2D eigenvalue weighted by Crippen LogP contribution is -2.60. The Bertz CT molecular complexity index is 477. The second kappa shape index (κ2) is 6.77. The fourth-order valence-corrected chi connectivity index (χ4v) is 4.51. The third-order valence-electron chi connectivity index (χ3n) is 5.11. The van der Waals surface area contributed by atoms with Crippen LogP contribution in [-0.4, -0.2) is 40.4 Å². The van der Waals surface area contributed by atoms with E-state index in [0.29, 0.717) is 0 Å². The number of likely N-dealkylation sites (N-methyl/N-ethyl adjacent to an activating group) is 1. The van der Waals surface area contributed by atoms with Crippen LogP contribution in [0.3, 0.4) is 0 Å². The summed E-state index contributed by atoms with van der Waals surface area (Å²) in [5, 5.41) is 4.60. The van der Waals surface area contributed by atoms with E-state index in [1.54, 1.807) is 0 Å². The zero-order chi connectivity index (χ0) is 15.6. The number of hydrazine groups is 1. The average Bonchev–Trinajstić information content (AvgIpc) is 3.04. The number of halogens is 1. The second-order valence-electron chi connectivity index (χ2n) is 6.31. The highest BCUT2D eigenvalue weighted by Crippen LogP contribution is 2.38. The van der Waals surface area contributed by atoms with Gasteiger partial charge in [-0.1, -0.05) is 19.8 Å². The maximum atomic E-state index is 5.94. The van der Waals surface area contributed by atoms with E-state index in [2.05, 4.69) is 52.4 Å². The monoisotopic (exact) mass is 357 g/mol. The zero-order valence-corrected chi connectivity index (χ0v) is 15.2. The molecular formula is C15H28BrN5. The molecule has 0 aromatic carbocycles. The van der Waals surface area contributed by atoms with Crippen LogP contribution in [0.1, 0.15) is 44.0 Å². The maximum absolute atomic E-state index is 5.94. The van der Waals surface area contributed by atoms with Crippen molar-refractivity contribution in [3.05, 3.63) is 15.9 Å². The summed E-state index contributed by atoms with van der Waals surface area (Å²) >= 11 is 3.72. The molecular weight excluding hydrogens is 330 g/mol. The number of nitrogens with one attached hydrogen (secondary N) is 1. The van der Waals surface area contributed by atoms with E-state index in [1.165, 1.54) is 31.4 Å². The van der Waals surface area contributed by atoms with Gasteiger partial charge in [0.25, 0.3) is 0 Å². The third-order valence-corrected chi connectivity index (χ3v) is 6.03. The minimum Gasteiger partial charge on any atom is -0.302 e. The summed E-state index contributed by atoms with van der Waals surface area (Å²) in [6.07, 6.45) is 6.79. The summed E-state index contributed by atoms with van der Waals surface area (Å²) in [5.41, 5.74) is 5.58. The lowest BCUT2D eigenvalue weighted by atomic mass is 9.84. The molecule has 5 nitrogen and oxygen atoms in total. The van der Waals surface area contributed by atoms with Gasteiger partial charge in [-0.2, -0.15) is 5.10 Å². The van der Waals surface area contributed by atoms with E-state index in [1.807, 2.05) is 11.7 Å². The molecule has 2 rings (SSSR count). The number of nitrogens with two attached hydrogens (primary N) is 1. The first-order valence-electron chi connectivity index (χ1n) is 7.80. The molecule has 1 saturated carbocycles. The van der Waals surface area contributed by atoms with E-state index < -0.39 is 0 Å². The van der Waals surface area contributed by atoms with Crippen LogP contribution >= 0.6 is 15.9 Å². The third kappa shape index (κ3) is 3.04. The van der Waals surface area contributed by atoms with Gasteiger partial charge >= 0.3 is 0 Å². The molecule has 1 atom stereocenters. The fraction of sp³-hybridized carbons (Fsp3) is 0.800. The number of nitrogens with zero attached hydrogens (tertiary/aromatic N) is 3. The Kier molecular flexibility index (Phi) is 5.46. The van der Waals surface area contributed by atoms with Gasteiger partial charge in [-0.15, -0.1) is 0 Å². The standard InChI is InChI=1S/C15H28BrN5/c1-5-11-14(16)12(21(4)19-11)10-13(18-17)15(20(2)3)8-6-7-9-15/h13,18H,5-10,17H2,1-4H3. The first kappa shape index (κ1) is 16.9. The first-order valence-corrected chi connectivity index (χ1v) is 8.59. The molecule has 1 aliphatic rings. The van der Waals surface area contributed by atoms with Crippen molar-refractivity contribution in [3.8, 4) is 0 Å². The van der Waals surface area contributed by atoms with Gasteiger partial charge in [-0.05, 0) is 49.3 Å². The lowest BCUT2D eigenvalue weighted by Gasteiger charge is -2.43. The second-order valence-corrected chi connectivity index (χ2v) is 7.11. The number of aryl methyl sites for hydroxylation is 2. The molecule has 21 heavy (non-hydrogen) atoms. The smallest absolute Gasteiger partial charge is 0.0766 e. The summed E-state index contributed by atoms with van der Waals surface area (Å²) in [6, 6.07) is 0.228. The molecule has 3 N–H and O–H groups in total. The summed E-state index contributed by atoms with van der Waals surface area (Å²) in [5.74, 6) is 5.94. The Labute approximate surface area is 136 Å². The zero-order valence-electron chi connectivity index (χ0n) is 13.6. The first-order chi connectivity index (χ1) is 9.96. The van der Waals surface area contributed by atoms with Crippen molar-refractivity contribution in [3.63, 3.8) is 0 Å². The van der Waals surface area contributed by atoms with Crippen molar-refractivity contribution in [1.82, 2.24) is 20.1 Å². The van der Waals surface area contributed by atoms with Gasteiger partial charge in [0.2, 0.25) is 0 Å². The number of rotatable bonds is 6. The quantitative estimate of drug-likeness (QED) is 0.603. The Morgan fingerprint density at radius 2 is 2.05 bits per heavy atom. The highest BCUT2D eigenvalue weighted by molar-refractivity contribution is 9.10. The molecule has 0 aliphatic heterocycles. The molecule has 1 unspecified atom stereocenters. The van der Waals surface area contributed by atoms with Crippen LogP contribution in [0.2, 0.25) is 0 Å². The summed E-state index contributed by atoms with van der Waals surface area (Å²) in [6.45, 7) is 2.13. The molecule has 1 aliphatic carbocycles. The Hall–Kier alpha value is -0.430.